The first-order valence-corrected chi connectivity index (χ1v) is 4.05. The lowest BCUT2D eigenvalue weighted by molar-refractivity contribution is -0.117. The molecular weight excluding hydrogens is 140 g/mol. The Balaban J connectivity index is 0. The van der Waals surface area contributed by atoms with Crippen LogP contribution in [0.5, 0.6) is 0 Å². The van der Waals surface area contributed by atoms with E-state index in [9.17, 15) is 4.79 Å². The molecule has 0 aromatic carbocycles. The summed E-state index contributed by atoms with van der Waals surface area (Å²) in [6, 6.07) is 0. The molecule has 0 saturated heterocycles. The average Bonchev–Trinajstić information content (AvgIpc) is 1.89. The third-order valence-electron chi connectivity index (χ3n) is 1.13. The van der Waals surface area contributed by atoms with Crippen molar-refractivity contribution >= 4 is 5.78 Å². The van der Waals surface area contributed by atoms with Crippen molar-refractivity contribution in [3.05, 3.63) is 0 Å². The molecule has 11 heavy (non-hydrogen) atoms. The Morgan fingerprint density at radius 3 is 2.18 bits per heavy atom. The van der Waals surface area contributed by atoms with Crippen LogP contribution in [0, 0.1) is 0 Å². The minimum atomic E-state index is 0.318. The highest BCUT2D eigenvalue weighted by Gasteiger charge is 1.89. The molecule has 3 heteroatoms. The van der Waals surface area contributed by atoms with Crippen LogP contribution in [0.4, 0.5) is 0 Å². The van der Waals surface area contributed by atoms with Crippen molar-refractivity contribution < 1.29 is 4.79 Å². The maximum absolute atomic E-state index is 10.3. The fourth-order valence-electron chi connectivity index (χ4n) is 0.624. The fourth-order valence-corrected chi connectivity index (χ4v) is 0.624. The van der Waals surface area contributed by atoms with Crippen LogP contribution in [0.25, 0.3) is 0 Å². The van der Waals surface area contributed by atoms with E-state index >= 15 is 0 Å². The van der Waals surface area contributed by atoms with Gasteiger partial charge in [0.1, 0.15) is 5.78 Å². The van der Waals surface area contributed by atoms with Crippen molar-refractivity contribution in [2.75, 3.05) is 7.05 Å². The van der Waals surface area contributed by atoms with Crippen LogP contribution in [-0.2, 0) is 4.79 Å². The van der Waals surface area contributed by atoms with Gasteiger partial charge in [-0.1, -0.05) is 19.8 Å². The van der Waals surface area contributed by atoms with Gasteiger partial charge in [-0.25, -0.2) is 0 Å². The van der Waals surface area contributed by atoms with E-state index in [1.165, 1.54) is 12.8 Å². The van der Waals surface area contributed by atoms with Crippen LogP contribution in [0.1, 0.15) is 39.5 Å². The first-order valence-electron chi connectivity index (χ1n) is 4.05. The summed E-state index contributed by atoms with van der Waals surface area (Å²) < 4.78 is 0. The van der Waals surface area contributed by atoms with Crippen LogP contribution < -0.4 is 11.3 Å². The van der Waals surface area contributed by atoms with Crippen LogP contribution in [0.2, 0.25) is 0 Å². The lowest BCUT2D eigenvalue weighted by atomic mass is 10.2. The molecule has 0 fully saturated rings. The monoisotopic (exact) mass is 160 g/mol. The molecule has 0 radical (unpaired) electrons. The first kappa shape index (κ1) is 13.2. The Kier molecular flexibility index (Phi) is 14.7. The van der Waals surface area contributed by atoms with Crippen molar-refractivity contribution in [1.82, 2.24) is 5.43 Å². The Hall–Kier alpha value is -0.410. The van der Waals surface area contributed by atoms with Crippen LogP contribution in [0.3, 0.4) is 0 Å². The van der Waals surface area contributed by atoms with E-state index in [0.717, 1.165) is 12.8 Å². The van der Waals surface area contributed by atoms with Gasteiger partial charge >= 0.3 is 0 Å². The molecule has 0 unspecified atom stereocenters. The molecule has 0 aromatic rings. The number of hydrogen-bond donors (Lipinski definition) is 2. The zero-order valence-corrected chi connectivity index (χ0v) is 7.81. The number of hydrogen-bond acceptors (Lipinski definition) is 3. The lowest BCUT2D eigenvalue weighted by Gasteiger charge is -1.90. The smallest absolute Gasteiger partial charge is 0.129 e. The van der Waals surface area contributed by atoms with Crippen molar-refractivity contribution in [1.29, 1.82) is 0 Å². The number of hydrazine groups is 1. The van der Waals surface area contributed by atoms with Gasteiger partial charge in [0.15, 0.2) is 0 Å². The van der Waals surface area contributed by atoms with Gasteiger partial charge in [0, 0.05) is 6.42 Å². The molecule has 0 saturated carbocycles. The molecule has 3 nitrogen and oxygen atoms in total. The third-order valence-corrected chi connectivity index (χ3v) is 1.13. The number of nitrogens with two attached hydrogens (primary N) is 1. The van der Waals surface area contributed by atoms with Crippen LogP contribution in [0.15, 0.2) is 0 Å². The normalized spacial score (nSPS) is 8.36. The fraction of sp³-hybridized carbons (Fsp3) is 0.875. The van der Waals surface area contributed by atoms with E-state index in [1.54, 1.807) is 14.0 Å². The van der Waals surface area contributed by atoms with Gasteiger partial charge in [0.05, 0.1) is 0 Å². The molecule has 0 aliphatic carbocycles. The summed E-state index contributed by atoms with van der Waals surface area (Å²) in [6.45, 7) is 3.79. The van der Waals surface area contributed by atoms with E-state index < -0.39 is 0 Å². The summed E-state index contributed by atoms with van der Waals surface area (Å²) in [5, 5.41) is 0. The SMILES string of the molecule is CCCCCC(C)=O.CNN. The predicted molar refractivity (Wildman–Crippen MR) is 48.1 cm³/mol. The second-order valence-electron chi connectivity index (χ2n) is 2.45. The molecule has 0 spiro atoms. The van der Waals surface area contributed by atoms with E-state index in [0.29, 0.717) is 5.78 Å². The van der Waals surface area contributed by atoms with E-state index in [4.69, 9.17) is 0 Å². The Morgan fingerprint density at radius 2 is 1.91 bits per heavy atom. The zero-order chi connectivity index (χ0) is 9.11. The van der Waals surface area contributed by atoms with Gasteiger partial charge < -0.3 is 4.79 Å². The maximum atomic E-state index is 10.3. The molecule has 0 aliphatic rings. The van der Waals surface area contributed by atoms with Gasteiger partial charge in [-0.2, -0.15) is 0 Å². The predicted octanol–water partition coefficient (Wildman–Crippen LogP) is 1.24. The second kappa shape index (κ2) is 12.3. The Bertz CT molecular complexity index is 84.2. The molecule has 0 aromatic heterocycles. The summed E-state index contributed by atoms with van der Waals surface area (Å²) in [6.07, 6.45) is 4.24. The summed E-state index contributed by atoms with van der Waals surface area (Å²) in [4.78, 5) is 10.3. The quantitative estimate of drug-likeness (QED) is 0.369. The number of carbonyl (C=O) groups excluding carboxylic acids is 1. The molecule has 0 rings (SSSR count). The highest BCUT2D eigenvalue weighted by atomic mass is 16.1. The zero-order valence-electron chi connectivity index (χ0n) is 7.81. The van der Waals surface area contributed by atoms with Gasteiger partial charge in [-0.15, -0.1) is 0 Å². The molecule has 0 atom stereocenters. The second-order valence-corrected chi connectivity index (χ2v) is 2.45. The molecule has 0 heterocycles. The molecule has 68 valence electrons. The molecule has 3 N–H and O–H groups in total. The maximum Gasteiger partial charge on any atom is 0.129 e. The number of nitrogens with one attached hydrogen (secondary N) is 1. The van der Waals surface area contributed by atoms with Crippen molar-refractivity contribution in [2.24, 2.45) is 5.84 Å². The minimum absolute atomic E-state index is 0.318. The lowest BCUT2D eigenvalue weighted by Crippen LogP contribution is -2.13. The summed E-state index contributed by atoms with van der Waals surface area (Å²) in [5.74, 6) is 4.92. The molecule has 0 bridgehead atoms. The minimum Gasteiger partial charge on any atom is -0.300 e. The summed E-state index contributed by atoms with van der Waals surface area (Å²) in [7, 11) is 1.65. The number of Topliss-reactive ketones (excluding diaryl/α,β-unsaturated/α-hetero) is 1. The number of rotatable bonds is 4. The molecule has 0 aliphatic heterocycles. The topological polar surface area (TPSA) is 55.1 Å². The van der Waals surface area contributed by atoms with Crippen molar-refractivity contribution in [3.8, 4) is 0 Å². The largest absolute Gasteiger partial charge is 0.300 e. The average molecular weight is 160 g/mol. The number of ketones is 1. The number of unbranched alkanes of at least 4 members (excludes halogenated alkanes) is 2. The van der Waals surface area contributed by atoms with E-state index in [2.05, 4.69) is 18.2 Å². The van der Waals surface area contributed by atoms with Gasteiger partial charge in [-0.05, 0) is 20.4 Å². The van der Waals surface area contributed by atoms with Crippen molar-refractivity contribution in [2.45, 2.75) is 39.5 Å². The highest BCUT2D eigenvalue weighted by molar-refractivity contribution is 5.75. The summed E-state index contributed by atoms with van der Waals surface area (Å²) >= 11 is 0. The van der Waals surface area contributed by atoms with Gasteiger partial charge in [0.25, 0.3) is 0 Å². The van der Waals surface area contributed by atoms with Gasteiger partial charge in [0.2, 0.25) is 0 Å². The Morgan fingerprint density at radius 1 is 1.45 bits per heavy atom. The Labute approximate surface area is 69.3 Å². The summed E-state index contributed by atoms with van der Waals surface area (Å²) in [5.41, 5.74) is 2.25. The van der Waals surface area contributed by atoms with Crippen LogP contribution in [-0.4, -0.2) is 12.8 Å². The first-order chi connectivity index (χ1) is 5.18. The van der Waals surface area contributed by atoms with Crippen LogP contribution >= 0.6 is 0 Å². The van der Waals surface area contributed by atoms with Crippen molar-refractivity contribution in [3.63, 3.8) is 0 Å². The molecule has 0 amide bonds. The standard InChI is InChI=1S/C7H14O.CH6N2/c1-3-4-5-6-7(2)8;1-3-2/h3-6H2,1-2H3;3H,2H2,1H3. The highest BCUT2D eigenvalue weighted by Crippen LogP contribution is 1.98. The number of carbonyl (C=O) groups is 1. The van der Waals surface area contributed by atoms with E-state index in [1.807, 2.05) is 0 Å². The molecular formula is C8H20N2O. The van der Waals surface area contributed by atoms with E-state index in [-0.39, 0.29) is 0 Å². The third kappa shape index (κ3) is 26.2. The van der Waals surface area contributed by atoms with Gasteiger partial charge in [-0.3, -0.25) is 11.3 Å².